The molecule has 0 spiro atoms. The second-order valence-electron chi connectivity index (χ2n) is 5.21. The molecule has 6 nitrogen and oxygen atoms in total. The van der Waals surface area contributed by atoms with E-state index in [1.54, 1.807) is 24.3 Å². The highest BCUT2D eigenvalue weighted by atomic mass is 35.5. The summed E-state index contributed by atoms with van der Waals surface area (Å²) in [6.07, 6.45) is 2.34. The molecule has 0 atom stereocenters. The van der Waals surface area contributed by atoms with Gasteiger partial charge in [0, 0.05) is 20.6 Å². The van der Waals surface area contributed by atoms with Crippen LogP contribution in [0.15, 0.2) is 47.6 Å². The minimum absolute atomic E-state index is 0.176. The van der Waals surface area contributed by atoms with Gasteiger partial charge in [-0.3, -0.25) is 9.10 Å². The number of nitrogens with one attached hydrogen (secondary N) is 1. The zero-order valence-corrected chi connectivity index (χ0v) is 16.6. The quantitative estimate of drug-likeness (QED) is 0.558. The molecule has 26 heavy (non-hydrogen) atoms. The predicted molar refractivity (Wildman–Crippen MR) is 106 cm³/mol. The third kappa shape index (κ3) is 5.88. The van der Waals surface area contributed by atoms with Gasteiger partial charge in [0.1, 0.15) is 6.54 Å². The first kappa shape index (κ1) is 20.5. The number of sulfonamides is 1. The molecule has 138 valence electrons. The van der Waals surface area contributed by atoms with Crippen LogP contribution in [0.4, 0.5) is 5.69 Å². The number of nitrogens with zero attached hydrogens (tertiary/aromatic N) is 2. The molecule has 2 rings (SSSR count). The van der Waals surface area contributed by atoms with E-state index in [1.165, 1.54) is 24.4 Å². The zero-order chi connectivity index (χ0) is 19.3. The number of hydrogen-bond acceptors (Lipinski definition) is 4. The normalized spacial score (nSPS) is 11.5. The third-order valence-corrected chi connectivity index (χ3v) is 5.04. The van der Waals surface area contributed by atoms with Crippen LogP contribution in [0.1, 0.15) is 5.56 Å². The molecular formula is C16H14Cl3N3O3S. The number of anilines is 1. The van der Waals surface area contributed by atoms with Crippen molar-refractivity contribution >= 4 is 62.6 Å². The van der Waals surface area contributed by atoms with Crippen LogP contribution in [0.5, 0.6) is 0 Å². The first-order valence-corrected chi connectivity index (χ1v) is 10.2. The van der Waals surface area contributed by atoms with E-state index in [0.29, 0.717) is 10.6 Å². The average molecular weight is 435 g/mol. The van der Waals surface area contributed by atoms with E-state index in [9.17, 15) is 13.2 Å². The van der Waals surface area contributed by atoms with E-state index in [4.69, 9.17) is 34.8 Å². The lowest BCUT2D eigenvalue weighted by Gasteiger charge is -2.21. The maximum absolute atomic E-state index is 12.1. The van der Waals surface area contributed by atoms with Crippen LogP contribution in [-0.2, 0) is 14.8 Å². The van der Waals surface area contributed by atoms with Gasteiger partial charge in [0.05, 0.1) is 18.2 Å². The Morgan fingerprint density at radius 1 is 1.15 bits per heavy atom. The summed E-state index contributed by atoms with van der Waals surface area (Å²) in [5, 5.41) is 4.75. The smallest absolute Gasteiger partial charge is 0.260 e. The molecule has 0 aliphatic rings. The number of amides is 1. The van der Waals surface area contributed by atoms with Crippen molar-refractivity contribution in [2.24, 2.45) is 5.10 Å². The lowest BCUT2D eigenvalue weighted by atomic mass is 10.2. The van der Waals surface area contributed by atoms with Crippen molar-refractivity contribution in [1.29, 1.82) is 0 Å². The van der Waals surface area contributed by atoms with Crippen molar-refractivity contribution < 1.29 is 13.2 Å². The van der Waals surface area contributed by atoms with Crippen molar-refractivity contribution in [3.05, 3.63) is 63.1 Å². The molecule has 0 saturated carbocycles. The summed E-state index contributed by atoms with van der Waals surface area (Å²) in [5.41, 5.74) is 3.04. The first-order chi connectivity index (χ1) is 12.2. The van der Waals surface area contributed by atoms with E-state index in [-0.39, 0.29) is 15.7 Å². The SMILES string of the molecule is CS(=O)(=O)N(CC(=O)N/N=C\c1ccccc1Cl)c1cc(Cl)cc(Cl)c1. The summed E-state index contributed by atoms with van der Waals surface area (Å²) in [6.45, 7) is -0.491. The van der Waals surface area contributed by atoms with Crippen LogP contribution in [-0.4, -0.2) is 33.3 Å². The van der Waals surface area contributed by atoms with Crippen LogP contribution >= 0.6 is 34.8 Å². The molecule has 0 radical (unpaired) electrons. The van der Waals surface area contributed by atoms with E-state index >= 15 is 0 Å². The molecule has 0 fully saturated rings. The number of carbonyl (C=O) groups excluding carboxylic acids is 1. The van der Waals surface area contributed by atoms with Crippen molar-refractivity contribution in [3.63, 3.8) is 0 Å². The molecule has 2 aromatic rings. The maximum Gasteiger partial charge on any atom is 0.260 e. The second-order valence-corrected chi connectivity index (χ2v) is 8.40. The molecule has 0 saturated heterocycles. The van der Waals surface area contributed by atoms with Crippen LogP contribution in [0.3, 0.4) is 0 Å². The second kappa shape index (κ2) is 8.73. The Balaban J connectivity index is 2.14. The molecule has 0 aromatic heterocycles. The highest BCUT2D eigenvalue weighted by Crippen LogP contribution is 2.26. The topological polar surface area (TPSA) is 78.8 Å². The lowest BCUT2D eigenvalue weighted by molar-refractivity contribution is -0.119. The number of rotatable bonds is 6. The Hall–Kier alpha value is -1.80. The summed E-state index contributed by atoms with van der Waals surface area (Å²) < 4.78 is 24.9. The molecular weight excluding hydrogens is 421 g/mol. The maximum atomic E-state index is 12.1. The fraction of sp³-hybridized carbons (Fsp3) is 0.125. The minimum Gasteiger partial charge on any atom is -0.271 e. The van der Waals surface area contributed by atoms with Gasteiger partial charge in [0.2, 0.25) is 10.0 Å². The summed E-state index contributed by atoms with van der Waals surface area (Å²) in [7, 11) is -3.75. The Kier molecular flexibility index (Phi) is 6.88. The summed E-state index contributed by atoms with van der Waals surface area (Å²) in [5.74, 6) is -0.644. The fourth-order valence-electron chi connectivity index (χ4n) is 2.00. The largest absolute Gasteiger partial charge is 0.271 e. The van der Waals surface area contributed by atoms with Crippen molar-refractivity contribution in [2.45, 2.75) is 0 Å². The van der Waals surface area contributed by atoms with Crippen molar-refractivity contribution in [2.75, 3.05) is 17.1 Å². The summed E-state index contributed by atoms with van der Waals surface area (Å²) in [4.78, 5) is 12.1. The Labute approximate surface area is 166 Å². The number of halogens is 3. The lowest BCUT2D eigenvalue weighted by Crippen LogP contribution is -2.39. The average Bonchev–Trinajstić information content (AvgIpc) is 2.52. The van der Waals surface area contributed by atoms with E-state index in [2.05, 4.69) is 10.5 Å². The summed E-state index contributed by atoms with van der Waals surface area (Å²) >= 11 is 17.8. The van der Waals surface area contributed by atoms with Gasteiger partial charge in [-0.15, -0.1) is 0 Å². The standard InChI is InChI=1S/C16H14Cl3N3O3S/c1-26(24,25)22(14-7-12(17)6-13(18)8-14)10-16(23)21-20-9-11-4-2-3-5-15(11)19/h2-9H,10H2,1H3,(H,21,23)/b20-9-. The van der Waals surface area contributed by atoms with Crippen LogP contribution in [0.2, 0.25) is 15.1 Å². The fourth-order valence-corrected chi connectivity index (χ4v) is 3.54. The van der Waals surface area contributed by atoms with Crippen LogP contribution < -0.4 is 9.73 Å². The van der Waals surface area contributed by atoms with Crippen LogP contribution in [0, 0.1) is 0 Å². The Morgan fingerprint density at radius 2 is 1.77 bits per heavy atom. The van der Waals surface area contributed by atoms with Crippen molar-refractivity contribution in [3.8, 4) is 0 Å². The molecule has 10 heteroatoms. The molecule has 2 aromatic carbocycles. The van der Waals surface area contributed by atoms with Gasteiger partial charge in [-0.05, 0) is 24.3 Å². The third-order valence-electron chi connectivity index (χ3n) is 3.12. The van der Waals surface area contributed by atoms with Crippen LogP contribution in [0.25, 0.3) is 0 Å². The molecule has 0 aliphatic heterocycles. The molecule has 0 unspecified atom stereocenters. The first-order valence-electron chi connectivity index (χ1n) is 7.17. The number of benzene rings is 2. The summed E-state index contributed by atoms with van der Waals surface area (Å²) in [6, 6.07) is 11.2. The molecule has 1 N–H and O–H groups in total. The van der Waals surface area contributed by atoms with E-state index < -0.39 is 22.5 Å². The highest BCUT2D eigenvalue weighted by molar-refractivity contribution is 7.92. The minimum atomic E-state index is -3.75. The number of hydrogen-bond donors (Lipinski definition) is 1. The van der Waals surface area contributed by atoms with Gasteiger partial charge in [-0.1, -0.05) is 53.0 Å². The monoisotopic (exact) mass is 433 g/mol. The number of hydrazone groups is 1. The molecule has 1 amide bonds. The Bertz CT molecular complexity index is 929. The van der Waals surface area contributed by atoms with Gasteiger partial charge in [-0.2, -0.15) is 5.10 Å². The van der Waals surface area contributed by atoms with Gasteiger partial charge in [-0.25, -0.2) is 13.8 Å². The van der Waals surface area contributed by atoms with Gasteiger partial charge in [0.25, 0.3) is 5.91 Å². The predicted octanol–water partition coefficient (Wildman–Crippen LogP) is 3.56. The van der Waals surface area contributed by atoms with Gasteiger partial charge in [0.15, 0.2) is 0 Å². The zero-order valence-electron chi connectivity index (χ0n) is 13.5. The Morgan fingerprint density at radius 3 is 2.35 bits per heavy atom. The number of carbonyl (C=O) groups is 1. The highest BCUT2D eigenvalue weighted by Gasteiger charge is 2.21. The molecule has 0 heterocycles. The van der Waals surface area contributed by atoms with Gasteiger partial charge >= 0.3 is 0 Å². The van der Waals surface area contributed by atoms with Gasteiger partial charge < -0.3 is 0 Å². The molecule has 0 bridgehead atoms. The van der Waals surface area contributed by atoms with Crippen molar-refractivity contribution in [1.82, 2.24) is 5.43 Å². The van der Waals surface area contributed by atoms with E-state index in [1.807, 2.05) is 0 Å². The molecule has 0 aliphatic carbocycles. The van der Waals surface area contributed by atoms with E-state index in [0.717, 1.165) is 10.6 Å².